The first-order valence-corrected chi connectivity index (χ1v) is 5.54. The minimum atomic E-state index is -1.41. The van der Waals surface area contributed by atoms with Crippen LogP contribution in [0.3, 0.4) is 0 Å². The Balaban J connectivity index is 2.81. The number of carbonyl (C=O) groups is 1. The van der Waals surface area contributed by atoms with Crippen LogP contribution in [0.25, 0.3) is 0 Å². The molecule has 0 aromatic heterocycles. The van der Waals surface area contributed by atoms with Crippen LogP contribution in [0.15, 0.2) is 18.2 Å². The van der Waals surface area contributed by atoms with Crippen LogP contribution in [-0.4, -0.2) is 28.8 Å². The summed E-state index contributed by atoms with van der Waals surface area (Å²) in [6.07, 6.45) is -2.69. The van der Waals surface area contributed by atoms with E-state index < -0.39 is 18.0 Å². The number of rotatable bonds is 5. The molecular weight excluding hydrogens is 239 g/mol. The minimum Gasteiger partial charge on any atom is -0.388 e. The minimum absolute atomic E-state index is 0.0317. The van der Waals surface area contributed by atoms with E-state index in [1.54, 1.807) is 0 Å². The Hall–Kier alpha value is -1.50. The van der Waals surface area contributed by atoms with E-state index >= 15 is 0 Å². The maximum Gasteiger partial charge on any atom is 0.216 e. The molecule has 0 saturated carbocycles. The first kappa shape index (κ1) is 14.6. The number of carbonyl (C=O) groups excluding carboxylic acids is 1. The van der Waals surface area contributed by atoms with Crippen LogP contribution in [0.1, 0.15) is 24.2 Å². The van der Waals surface area contributed by atoms with Crippen molar-refractivity contribution in [2.24, 2.45) is 5.73 Å². The molecule has 2 atom stereocenters. The van der Waals surface area contributed by atoms with Gasteiger partial charge in [-0.2, -0.15) is 0 Å². The van der Waals surface area contributed by atoms with E-state index in [4.69, 9.17) is 5.73 Å². The number of benzene rings is 1. The normalized spacial score (nSPS) is 14.1. The number of amides is 1. The van der Waals surface area contributed by atoms with E-state index in [1.165, 1.54) is 25.1 Å². The third-order valence-corrected chi connectivity index (χ3v) is 2.54. The molecule has 2 unspecified atom stereocenters. The highest BCUT2D eigenvalue weighted by atomic mass is 19.1. The van der Waals surface area contributed by atoms with E-state index in [0.29, 0.717) is 5.56 Å². The molecule has 0 aliphatic rings. The molecule has 18 heavy (non-hydrogen) atoms. The van der Waals surface area contributed by atoms with E-state index in [-0.39, 0.29) is 24.6 Å². The number of halogens is 1. The van der Waals surface area contributed by atoms with Gasteiger partial charge in [-0.15, -0.1) is 0 Å². The zero-order valence-electron chi connectivity index (χ0n) is 10.1. The average Bonchev–Trinajstić information content (AvgIpc) is 2.35. The van der Waals surface area contributed by atoms with Crippen LogP contribution in [0, 0.1) is 5.82 Å². The van der Waals surface area contributed by atoms with Gasteiger partial charge in [0.05, 0.1) is 0 Å². The van der Waals surface area contributed by atoms with Crippen LogP contribution in [0.4, 0.5) is 4.39 Å². The Morgan fingerprint density at radius 3 is 2.72 bits per heavy atom. The first-order chi connectivity index (χ1) is 8.45. The van der Waals surface area contributed by atoms with Gasteiger partial charge in [0.2, 0.25) is 5.91 Å². The number of aliphatic hydroxyl groups excluding tert-OH is 2. The van der Waals surface area contributed by atoms with Crippen LogP contribution >= 0.6 is 0 Å². The van der Waals surface area contributed by atoms with Gasteiger partial charge >= 0.3 is 0 Å². The van der Waals surface area contributed by atoms with Gasteiger partial charge in [0.15, 0.2) is 0 Å². The van der Waals surface area contributed by atoms with Crippen molar-refractivity contribution in [3.8, 4) is 0 Å². The first-order valence-electron chi connectivity index (χ1n) is 5.54. The van der Waals surface area contributed by atoms with Crippen LogP contribution in [0.5, 0.6) is 0 Å². The van der Waals surface area contributed by atoms with Crippen LogP contribution < -0.4 is 11.1 Å². The van der Waals surface area contributed by atoms with Gasteiger partial charge in [0.25, 0.3) is 0 Å². The van der Waals surface area contributed by atoms with Crippen molar-refractivity contribution < 1.29 is 19.4 Å². The van der Waals surface area contributed by atoms with Gasteiger partial charge < -0.3 is 21.3 Å². The number of nitrogens with two attached hydrogens (primary N) is 1. The van der Waals surface area contributed by atoms with Gasteiger partial charge in [-0.3, -0.25) is 4.79 Å². The molecule has 5 N–H and O–H groups in total. The summed E-state index contributed by atoms with van der Waals surface area (Å²) in [4.78, 5) is 10.7. The highest BCUT2D eigenvalue weighted by molar-refractivity contribution is 5.72. The number of aliphatic hydroxyl groups is 2. The monoisotopic (exact) mass is 256 g/mol. The maximum atomic E-state index is 13.5. The molecule has 1 aromatic carbocycles. The van der Waals surface area contributed by atoms with Crippen molar-refractivity contribution in [2.75, 3.05) is 6.54 Å². The Morgan fingerprint density at radius 2 is 2.17 bits per heavy atom. The molecule has 1 amide bonds. The summed E-state index contributed by atoms with van der Waals surface area (Å²) < 4.78 is 13.5. The summed E-state index contributed by atoms with van der Waals surface area (Å²) in [6.45, 7) is 1.35. The molecule has 0 aliphatic heterocycles. The van der Waals surface area contributed by atoms with E-state index in [9.17, 15) is 19.4 Å². The van der Waals surface area contributed by atoms with Gasteiger partial charge in [-0.1, -0.05) is 6.07 Å². The summed E-state index contributed by atoms with van der Waals surface area (Å²) >= 11 is 0. The predicted molar refractivity (Wildman–Crippen MR) is 63.9 cm³/mol. The molecule has 0 saturated heterocycles. The van der Waals surface area contributed by atoms with E-state index in [2.05, 4.69) is 5.32 Å². The second kappa shape index (κ2) is 6.44. The molecule has 1 aromatic rings. The number of hydrogen-bond donors (Lipinski definition) is 4. The van der Waals surface area contributed by atoms with E-state index in [1.807, 2.05) is 0 Å². The molecule has 1 rings (SSSR count). The molecule has 0 fully saturated rings. The summed E-state index contributed by atoms with van der Waals surface area (Å²) in [6, 6.07) is 4.09. The molecule has 0 heterocycles. The molecule has 0 spiro atoms. The van der Waals surface area contributed by atoms with Crippen LogP contribution in [-0.2, 0) is 11.3 Å². The van der Waals surface area contributed by atoms with Gasteiger partial charge in [0.1, 0.15) is 18.0 Å². The lowest BCUT2D eigenvalue weighted by Crippen LogP contribution is -2.34. The Kier molecular flexibility index (Phi) is 5.21. The molecule has 0 bridgehead atoms. The van der Waals surface area contributed by atoms with Crippen molar-refractivity contribution in [1.82, 2.24) is 5.32 Å². The lowest BCUT2D eigenvalue weighted by molar-refractivity contribution is -0.119. The van der Waals surface area contributed by atoms with Crippen molar-refractivity contribution in [2.45, 2.75) is 25.7 Å². The quantitative estimate of drug-likeness (QED) is 0.587. The smallest absolute Gasteiger partial charge is 0.216 e. The van der Waals surface area contributed by atoms with Crippen LogP contribution in [0.2, 0.25) is 0 Å². The van der Waals surface area contributed by atoms with Gasteiger partial charge in [-0.05, 0) is 17.7 Å². The fourth-order valence-corrected chi connectivity index (χ4v) is 1.51. The van der Waals surface area contributed by atoms with E-state index in [0.717, 1.165) is 0 Å². The lowest BCUT2D eigenvalue weighted by Gasteiger charge is -2.19. The van der Waals surface area contributed by atoms with Crippen molar-refractivity contribution >= 4 is 5.91 Å². The Bertz CT molecular complexity index is 426. The molecule has 6 heteroatoms. The zero-order valence-corrected chi connectivity index (χ0v) is 10.1. The SMILES string of the molecule is CC(=O)NCC(O)C(O)c1cc(CN)ccc1F. The summed E-state index contributed by atoms with van der Waals surface area (Å²) in [5, 5.41) is 21.8. The van der Waals surface area contributed by atoms with Crippen molar-refractivity contribution in [1.29, 1.82) is 0 Å². The van der Waals surface area contributed by atoms with Gasteiger partial charge in [-0.25, -0.2) is 4.39 Å². The highest BCUT2D eigenvalue weighted by Crippen LogP contribution is 2.21. The third-order valence-electron chi connectivity index (χ3n) is 2.54. The average molecular weight is 256 g/mol. The highest BCUT2D eigenvalue weighted by Gasteiger charge is 2.21. The summed E-state index contributed by atoms with van der Waals surface area (Å²) in [7, 11) is 0. The molecule has 0 radical (unpaired) electrons. The Morgan fingerprint density at radius 1 is 1.50 bits per heavy atom. The van der Waals surface area contributed by atoms with Crippen molar-refractivity contribution in [3.05, 3.63) is 35.1 Å². The predicted octanol–water partition coefficient (Wildman–Crippen LogP) is -0.185. The maximum absolute atomic E-state index is 13.5. The molecule has 5 nitrogen and oxygen atoms in total. The third kappa shape index (κ3) is 3.76. The molecular formula is C12H17FN2O3. The Labute approximate surface area is 104 Å². The van der Waals surface area contributed by atoms with Gasteiger partial charge in [0, 0.05) is 25.6 Å². The van der Waals surface area contributed by atoms with Crippen molar-refractivity contribution in [3.63, 3.8) is 0 Å². The zero-order chi connectivity index (χ0) is 13.7. The molecule has 0 aliphatic carbocycles. The summed E-state index contributed by atoms with van der Waals surface area (Å²) in [5.41, 5.74) is 6.04. The second-order valence-corrected chi connectivity index (χ2v) is 4.01. The fraction of sp³-hybridized carbons (Fsp3) is 0.417. The molecule has 100 valence electrons. The second-order valence-electron chi connectivity index (χ2n) is 4.01. The number of nitrogens with one attached hydrogen (secondary N) is 1. The summed E-state index contributed by atoms with van der Waals surface area (Å²) in [5.74, 6) is -0.959. The fourth-order valence-electron chi connectivity index (χ4n) is 1.51. The largest absolute Gasteiger partial charge is 0.388 e. The topological polar surface area (TPSA) is 95.6 Å². The standard InChI is InChI=1S/C12H17FN2O3/c1-7(16)15-6-11(17)12(18)9-4-8(5-14)2-3-10(9)13/h2-4,11-12,17-18H,5-6,14H2,1H3,(H,15,16). The number of hydrogen-bond acceptors (Lipinski definition) is 4. The lowest BCUT2D eigenvalue weighted by atomic mass is 10.0.